The van der Waals surface area contributed by atoms with Gasteiger partial charge in [0.1, 0.15) is 5.75 Å². The molecule has 0 saturated heterocycles. The van der Waals surface area contributed by atoms with E-state index >= 15 is 0 Å². The third-order valence-corrected chi connectivity index (χ3v) is 5.31. The van der Waals surface area contributed by atoms with Crippen molar-refractivity contribution in [1.82, 2.24) is 5.32 Å². The van der Waals surface area contributed by atoms with Crippen molar-refractivity contribution in [3.05, 3.63) is 59.7 Å². The third-order valence-electron chi connectivity index (χ3n) is 4.10. The van der Waals surface area contributed by atoms with Crippen LogP contribution in [0.5, 0.6) is 5.75 Å². The Morgan fingerprint density at radius 1 is 1.17 bits per heavy atom. The van der Waals surface area contributed by atoms with Gasteiger partial charge in [0, 0.05) is 13.6 Å². The summed E-state index contributed by atoms with van der Waals surface area (Å²) < 4.78 is 67.9. The Kier molecular flexibility index (Phi) is 6.78. The third kappa shape index (κ3) is 6.38. The molecule has 6 nitrogen and oxygen atoms in total. The molecule has 0 heterocycles. The Bertz CT molecular complexity index is 960. The van der Waals surface area contributed by atoms with Gasteiger partial charge in [-0.3, -0.25) is 9.10 Å². The molecule has 1 amide bonds. The summed E-state index contributed by atoms with van der Waals surface area (Å²) in [6.07, 6.45) is -4.28. The quantitative estimate of drug-likeness (QED) is 0.732. The topological polar surface area (TPSA) is 75.7 Å². The van der Waals surface area contributed by atoms with Gasteiger partial charge in [-0.15, -0.1) is 0 Å². The number of alkyl halides is 3. The zero-order valence-corrected chi connectivity index (χ0v) is 16.8. The molecule has 0 aliphatic heterocycles. The number of hydrogen-bond donors (Lipinski definition) is 1. The highest BCUT2D eigenvalue weighted by atomic mass is 32.2. The number of sulfonamides is 1. The number of halogens is 3. The predicted molar refractivity (Wildman–Crippen MR) is 103 cm³/mol. The molecule has 0 spiro atoms. The molecule has 0 bridgehead atoms. The Hall–Kier alpha value is -2.75. The van der Waals surface area contributed by atoms with Gasteiger partial charge in [-0.1, -0.05) is 12.1 Å². The van der Waals surface area contributed by atoms with Gasteiger partial charge < -0.3 is 10.1 Å². The molecule has 1 N–H and O–H groups in total. The lowest BCUT2D eigenvalue weighted by Crippen LogP contribution is -2.36. The lowest BCUT2D eigenvalue weighted by atomic mass is 10.1. The van der Waals surface area contributed by atoms with Crippen molar-refractivity contribution in [3.63, 3.8) is 0 Å². The fraction of sp³-hybridized carbons (Fsp3) is 0.316. The summed E-state index contributed by atoms with van der Waals surface area (Å²) in [4.78, 5) is 12.2. The average Bonchev–Trinajstić information content (AvgIpc) is 2.65. The molecule has 0 saturated carbocycles. The van der Waals surface area contributed by atoms with Gasteiger partial charge >= 0.3 is 6.18 Å². The molecule has 0 aliphatic carbocycles. The molecule has 2 rings (SSSR count). The summed E-state index contributed by atoms with van der Waals surface area (Å²) in [5, 5.41) is 2.53. The van der Waals surface area contributed by atoms with Crippen LogP contribution in [-0.2, 0) is 27.5 Å². The summed E-state index contributed by atoms with van der Waals surface area (Å²) in [5.41, 5.74) is -0.0391. The SMILES string of the molecule is C[C@@H](Oc1ccc(N(C)S(C)(=O)=O)cc1)C(=O)NCc1cccc(C(F)(F)F)c1. The summed E-state index contributed by atoms with van der Waals surface area (Å²) in [7, 11) is -1.98. The zero-order chi connectivity index (χ0) is 21.8. The van der Waals surface area contributed by atoms with E-state index < -0.39 is 33.8 Å². The van der Waals surface area contributed by atoms with Gasteiger partial charge in [-0.25, -0.2) is 8.42 Å². The molecular weight excluding hydrogens is 409 g/mol. The lowest BCUT2D eigenvalue weighted by Gasteiger charge is -2.18. The number of carbonyl (C=O) groups excluding carboxylic acids is 1. The van der Waals surface area contributed by atoms with Crippen molar-refractivity contribution in [3.8, 4) is 5.75 Å². The van der Waals surface area contributed by atoms with Crippen LogP contribution >= 0.6 is 0 Å². The summed E-state index contributed by atoms with van der Waals surface area (Å²) >= 11 is 0. The minimum atomic E-state index is -4.45. The lowest BCUT2D eigenvalue weighted by molar-refractivity contribution is -0.137. The molecular formula is C19H21F3N2O4S. The van der Waals surface area contributed by atoms with Crippen LogP contribution in [-0.4, -0.2) is 33.7 Å². The number of rotatable bonds is 7. The number of ether oxygens (including phenoxy) is 1. The maximum absolute atomic E-state index is 12.7. The van der Waals surface area contributed by atoms with E-state index in [1.165, 1.54) is 50.4 Å². The maximum Gasteiger partial charge on any atom is 0.416 e. The molecule has 0 aromatic heterocycles. The van der Waals surface area contributed by atoms with E-state index in [9.17, 15) is 26.4 Å². The van der Waals surface area contributed by atoms with Gasteiger partial charge in [0.2, 0.25) is 10.0 Å². The first-order valence-corrected chi connectivity index (χ1v) is 10.4. The van der Waals surface area contributed by atoms with Gasteiger partial charge in [0.15, 0.2) is 6.10 Å². The monoisotopic (exact) mass is 430 g/mol. The summed E-state index contributed by atoms with van der Waals surface area (Å²) in [6.45, 7) is 1.42. The number of amides is 1. The van der Waals surface area contributed by atoms with Crippen LogP contribution in [0.2, 0.25) is 0 Å². The minimum Gasteiger partial charge on any atom is -0.481 e. The number of carbonyl (C=O) groups is 1. The fourth-order valence-electron chi connectivity index (χ4n) is 2.37. The highest BCUT2D eigenvalue weighted by Crippen LogP contribution is 2.29. The second-order valence-corrected chi connectivity index (χ2v) is 8.41. The molecule has 158 valence electrons. The summed E-state index contributed by atoms with van der Waals surface area (Å²) in [6, 6.07) is 10.8. The first-order chi connectivity index (χ1) is 13.4. The first kappa shape index (κ1) is 22.5. The number of hydrogen-bond acceptors (Lipinski definition) is 4. The first-order valence-electron chi connectivity index (χ1n) is 8.52. The Labute approximate surface area is 167 Å². The highest BCUT2D eigenvalue weighted by Gasteiger charge is 2.30. The molecule has 29 heavy (non-hydrogen) atoms. The van der Waals surface area contributed by atoms with Crippen molar-refractivity contribution in [2.75, 3.05) is 17.6 Å². The molecule has 2 aromatic carbocycles. The second kappa shape index (κ2) is 8.73. The smallest absolute Gasteiger partial charge is 0.416 e. The molecule has 0 aliphatic rings. The number of nitrogens with zero attached hydrogens (tertiary/aromatic N) is 1. The minimum absolute atomic E-state index is 0.0749. The fourth-order valence-corrected chi connectivity index (χ4v) is 2.88. The van der Waals surface area contributed by atoms with Gasteiger partial charge in [-0.05, 0) is 48.9 Å². The van der Waals surface area contributed by atoms with Crippen LogP contribution in [0, 0.1) is 0 Å². The van der Waals surface area contributed by atoms with Gasteiger partial charge in [-0.2, -0.15) is 13.2 Å². The van der Waals surface area contributed by atoms with Crippen molar-refractivity contribution in [2.45, 2.75) is 25.7 Å². The van der Waals surface area contributed by atoms with Crippen LogP contribution in [0.3, 0.4) is 0 Å². The molecule has 0 unspecified atom stereocenters. The van der Waals surface area contributed by atoms with Crippen LogP contribution < -0.4 is 14.4 Å². The van der Waals surface area contributed by atoms with Crippen LogP contribution in [0.1, 0.15) is 18.1 Å². The van der Waals surface area contributed by atoms with E-state index in [2.05, 4.69) is 5.32 Å². The second-order valence-electron chi connectivity index (χ2n) is 6.40. The molecule has 0 radical (unpaired) electrons. The predicted octanol–water partition coefficient (Wildman–Crippen LogP) is 3.18. The van der Waals surface area contributed by atoms with Crippen LogP contribution in [0.15, 0.2) is 48.5 Å². The number of anilines is 1. The largest absolute Gasteiger partial charge is 0.481 e. The Morgan fingerprint density at radius 3 is 2.34 bits per heavy atom. The average molecular weight is 430 g/mol. The summed E-state index contributed by atoms with van der Waals surface area (Å²) in [5.74, 6) is -0.155. The van der Waals surface area contributed by atoms with Crippen LogP contribution in [0.25, 0.3) is 0 Å². The maximum atomic E-state index is 12.7. The standard InChI is InChI=1S/C19H21F3N2O4S/c1-13(28-17-9-7-16(8-10-17)24(2)29(3,26)27)18(25)23-12-14-5-4-6-15(11-14)19(20,21)22/h4-11,13H,12H2,1-3H3,(H,23,25)/t13-/m1/s1. The van der Waals surface area contributed by atoms with E-state index in [1.807, 2.05) is 0 Å². The van der Waals surface area contributed by atoms with E-state index in [-0.39, 0.29) is 6.54 Å². The number of nitrogens with one attached hydrogen (secondary N) is 1. The molecule has 0 fully saturated rings. The van der Waals surface area contributed by atoms with Crippen molar-refractivity contribution in [2.24, 2.45) is 0 Å². The normalized spacial score (nSPS) is 12.9. The van der Waals surface area contributed by atoms with E-state index in [4.69, 9.17) is 4.74 Å². The van der Waals surface area contributed by atoms with Crippen molar-refractivity contribution in [1.29, 1.82) is 0 Å². The zero-order valence-electron chi connectivity index (χ0n) is 16.0. The van der Waals surface area contributed by atoms with E-state index in [0.717, 1.165) is 22.7 Å². The van der Waals surface area contributed by atoms with Crippen molar-refractivity contribution >= 4 is 21.6 Å². The number of benzene rings is 2. The molecule has 1 atom stereocenters. The van der Waals surface area contributed by atoms with Crippen molar-refractivity contribution < 1.29 is 31.1 Å². The Balaban J connectivity index is 1.94. The highest BCUT2D eigenvalue weighted by molar-refractivity contribution is 7.92. The van der Waals surface area contributed by atoms with Crippen LogP contribution in [0.4, 0.5) is 18.9 Å². The van der Waals surface area contributed by atoms with Gasteiger partial charge in [0.25, 0.3) is 5.91 Å². The molecule has 2 aromatic rings. The van der Waals surface area contributed by atoms with E-state index in [0.29, 0.717) is 17.0 Å². The molecule has 10 heteroatoms. The van der Waals surface area contributed by atoms with Gasteiger partial charge in [0.05, 0.1) is 17.5 Å². The Morgan fingerprint density at radius 2 is 1.79 bits per heavy atom. The van der Waals surface area contributed by atoms with E-state index in [1.54, 1.807) is 0 Å².